The Morgan fingerprint density at radius 3 is 2.32 bits per heavy atom. The van der Waals surface area contributed by atoms with Crippen LogP contribution in [0.15, 0.2) is 29.3 Å². The van der Waals surface area contributed by atoms with Gasteiger partial charge >= 0.3 is 0 Å². The average molecular weight is 383 g/mol. The second-order valence-corrected chi connectivity index (χ2v) is 9.44. The van der Waals surface area contributed by atoms with Crippen LogP contribution >= 0.6 is 21.6 Å². The molecule has 1 aliphatic rings. The molecule has 0 fully saturated rings. The molecule has 1 atom stereocenters. The molecule has 1 aromatic carbocycles. The quantitative estimate of drug-likeness (QED) is 0.577. The first-order chi connectivity index (χ1) is 11.8. The average Bonchev–Trinajstić information content (AvgIpc) is 2.80. The van der Waals surface area contributed by atoms with Crippen molar-refractivity contribution in [2.45, 2.75) is 44.1 Å². The lowest BCUT2D eigenvalue weighted by Crippen LogP contribution is -2.52. The van der Waals surface area contributed by atoms with Crippen molar-refractivity contribution in [2.75, 3.05) is 26.5 Å². The van der Waals surface area contributed by atoms with E-state index in [1.54, 1.807) is 21.6 Å². The van der Waals surface area contributed by atoms with E-state index < -0.39 is 11.2 Å². The van der Waals surface area contributed by atoms with Crippen LogP contribution in [0.1, 0.15) is 38.3 Å². The summed E-state index contributed by atoms with van der Waals surface area (Å²) in [4.78, 5) is 6.81. The number of aliphatic imine (C=N–C) groups is 1. The van der Waals surface area contributed by atoms with Crippen molar-refractivity contribution in [3.63, 3.8) is 0 Å². The van der Waals surface area contributed by atoms with Gasteiger partial charge in [0.25, 0.3) is 0 Å². The van der Waals surface area contributed by atoms with Gasteiger partial charge in [-0.25, -0.2) is 4.99 Å². The zero-order valence-corrected chi connectivity index (χ0v) is 17.3. The lowest BCUT2D eigenvalue weighted by atomic mass is 9.94. The maximum absolute atomic E-state index is 13.2. The molecule has 0 bridgehead atoms. The third-order valence-electron chi connectivity index (χ3n) is 4.50. The monoisotopic (exact) mass is 382 g/mol. The van der Waals surface area contributed by atoms with Crippen LogP contribution in [0, 0.1) is 0 Å². The van der Waals surface area contributed by atoms with Crippen molar-refractivity contribution in [3.8, 4) is 0 Å². The Bertz CT molecular complexity index is 605. The fourth-order valence-electron chi connectivity index (χ4n) is 3.24. The highest BCUT2D eigenvalue weighted by Crippen LogP contribution is 2.44. The second kappa shape index (κ2) is 8.31. The summed E-state index contributed by atoms with van der Waals surface area (Å²) in [6, 6.07) is 8.20. The molecule has 2 rings (SSSR count). The van der Waals surface area contributed by atoms with E-state index in [1.807, 2.05) is 51.9 Å². The Balaban J connectivity index is 2.25. The van der Waals surface area contributed by atoms with Crippen LogP contribution in [0.2, 0.25) is 0 Å². The zero-order chi connectivity index (χ0) is 18.7. The lowest BCUT2D eigenvalue weighted by molar-refractivity contribution is -0.256. The fourth-order valence-corrected chi connectivity index (χ4v) is 5.08. The summed E-state index contributed by atoms with van der Waals surface area (Å²) in [5, 5.41) is 23.1. The molecule has 25 heavy (non-hydrogen) atoms. The Morgan fingerprint density at radius 1 is 1.20 bits per heavy atom. The minimum atomic E-state index is -0.861. The van der Waals surface area contributed by atoms with Gasteiger partial charge < -0.3 is 10.0 Å². The van der Waals surface area contributed by atoms with Gasteiger partial charge in [0.2, 0.25) is 0 Å². The summed E-state index contributed by atoms with van der Waals surface area (Å²) in [5.74, 6) is 2.43. The number of hydroxylamine groups is 2. The van der Waals surface area contributed by atoms with Crippen LogP contribution in [0.3, 0.4) is 0 Å². The smallest absolute Gasteiger partial charge is 0.166 e. The van der Waals surface area contributed by atoms with Gasteiger partial charge in [-0.1, -0.05) is 52.8 Å². The van der Waals surface area contributed by atoms with Crippen LogP contribution in [0.25, 0.3) is 0 Å². The first-order valence-corrected chi connectivity index (χ1v) is 11.0. The Labute approximate surface area is 158 Å². The Morgan fingerprint density at radius 2 is 1.84 bits per heavy atom. The summed E-state index contributed by atoms with van der Waals surface area (Å²) in [6.07, 6.45) is 0.623. The van der Waals surface area contributed by atoms with E-state index in [1.165, 1.54) is 5.56 Å². The van der Waals surface area contributed by atoms with Crippen molar-refractivity contribution in [1.82, 2.24) is 9.96 Å². The van der Waals surface area contributed by atoms with Crippen molar-refractivity contribution in [1.29, 1.82) is 0 Å². The van der Waals surface area contributed by atoms with Gasteiger partial charge in [0.1, 0.15) is 11.4 Å². The van der Waals surface area contributed by atoms with E-state index in [0.717, 1.165) is 28.0 Å². The summed E-state index contributed by atoms with van der Waals surface area (Å²) >= 11 is 0. The highest BCUT2D eigenvalue weighted by atomic mass is 33.1. The topological polar surface area (TPSA) is 59.0 Å². The third kappa shape index (κ3) is 4.01. The van der Waals surface area contributed by atoms with Crippen molar-refractivity contribution < 1.29 is 10.3 Å². The molecule has 0 saturated heterocycles. The SMILES string of the molecule is CCC1(c2ccc(CSSCCO)cc2)N=C(N(C)C)C(C)(C)N1[O]. The van der Waals surface area contributed by atoms with E-state index in [0.29, 0.717) is 6.42 Å². The zero-order valence-electron chi connectivity index (χ0n) is 15.7. The van der Waals surface area contributed by atoms with E-state index in [2.05, 4.69) is 12.1 Å². The molecular weight excluding hydrogens is 354 g/mol. The standard InChI is InChI=1S/C18H28N3O2S2/c1-6-18(19-16(20(4)5)17(2,3)21(18)23)15-9-7-14(8-10-15)13-25-24-12-11-22/h7-10,22H,6,11-13H2,1-5H3. The second-order valence-electron chi connectivity index (χ2n) is 6.86. The molecule has 5 nitrogen and oxygen atoms in total. The van der Waals surface area contributed by atoms with Crippen molar-refractivity contribution >= 4 is 27.4 Å². The maximum Gasteiger partial charge on any atom is 0.166 e. The number of hydrogen-bond acceptors (Lipinski definition) is 6. The Hall–Kier alpha value is -0.730. The summed E-state index contributed by atoms with van der Waals surface area (Å²) < 4.78 is 0. The number of amidine groups is 1. The molecule has 1 unspecified atom stereocenters. The molecule has 0 amide bonds. The summed E-state index contributed by atoms with van der Waals surface area (Å²) in [5.41, 5.74) is 0.624. The van der Waals surface area contributed by atoms with E-state index in [-0.39, 0.29) is 6.61 Å². The molecule has 7 heteroatoms. The molecule has 1 aromatic rings. The van der Waals surface area contributed by atoms with Crippen LogP contribution in [-0.4, -0.2) is 52.9 Å². The number of aliphatic hydroxyl groups excluding tert-OH is 1. The minimum absolute atomic E-state index is 0.205. The van der Waals surface area contributed by atoms with Crippen LogP contribution in [-0.2, 0) is 16.6 Å². The van der Waals surface area contributed by atoms with Crippen molar-refractivity contribution in [3.05, 3.63) is 35.4 Å². The van der Waals surface area contributed by atoms with Gasteiger partial charge in [-0.2, -0.15) is 0 Å². The van der Waals surface area contributed by atoms with E-state index >= 15 is 0 Å². The maximum atomic E-state index is 13.2. The van der Waals surface area contributed by atoms with Crippen LogP contribution < -0.4 is 0 Å². The Kier molecular flexibility index (Phi) is 6.84. The molecule has 0 aliphatic carbocycles. The first kappa shape index (κ1) is 20.6. The highest BCUT2D eigenvalue weighted by Gasteiger charge is 2.54. The molecule has 1 heterocycles. The predicted octanol–water partition coefficient (Wildman–Crippen LogP) is 3.52. The number of likely N-dealkylation sites (N-methyl/N-ethyl adjacent to an activating group) is 1. The highest BCUT2D eigenvalue weighted by molar-refractivity contribution is 8.76. The van der Waals surface area contributed by atoms with Gasteiger partial charge in [0.15, 0.2) is 5.66 Å². The molecule has 1 aliphatic heterocycles. The first-order valence-electron chi connectivity index (χ1n) is 8.49. The van der Waals surface area contributed by atoms with Crippen molar-refractivity contribution in [2.24, 2.45) is 4.99 Å². The van der Waals surface area contributed by atoms with Gasteiger partial charge in [-0.15, -0.1) is 10.3 Å². The number of rotatable bonds is 7. The lowest BCUT2D eigenvalue weighted by Gasteiger charge is -2.36. The predicted molar refractivity (Wildman–Crippen MR) is 107 cm³/mol. The number of hydrogen-bond donors (Lipinski definition) is 1. The fraction of sp³-hybridized carbons (Fsp3) is 0.611. The largest absolute Gasteiger partial charge is 0.395 e. The van der Waals surface area contributed by atoms with E-state index in [4.69, 9.17) is 10.1 Å². The number of nitrogens with zero attached hydrogens (tertiary/aromatic N) is 3. The van der Waals surface area contributed by atoms with Gasteiger partial charge in [0.05, 0.1) is 6.61 Å². The normalized spacial score (nSPS) is 22.9. The minimum Gasteiger partial charge on any atom is -0.395 e. The van der Waals surface area contributed by atoms with Gasteiger partial charge in [-0.05, 0) is 31.4 Å². The summed E-state index contributed by atoms with van der Waals surface area (Å²) in [6.45, 7) is 6.08. The molecule has 1 radical (unpaired) electrons. The van der Waals surface area contributed by atoms with E-state index in [9.17, 15) is 5.21 Å². The van der Waals surface area contributed by atoms with Gasteiger partial charge in [-0.3, -0.25) is 0 Å². The molecule has 0 aromatic heterocycles. The summed E-state index contributed by atoms with van der Waals surface area (Å²) in [7, 11) is 7.26. The van der Waals surface area contributed by atoms with Gasteiger partial charge in [0, 0.05) is 25.6 Å². The number of aliphatic hydroxyl groups is 1. The van der Waals surface area contributed by atoms with Crippen LogP contribution in [0.4, 0.5) is 0 Å². The molecule has 0 saturated carbocycles. The molecule has 1 N–H and O–H groups in total. The number of benzene rings is 1. The molecule has 139 valence electrons. The van der Waals surface area contributed by atoms with Crippen LogP contribution in [0.5, 0.6) is 0 Å². The molecular formula is C18H28N3O2S2. The molecule has 0 spiro atoms. The third-order valence-corrected chi connectivity index (χ3v) is 6.82.